The quantitative estimate of drug-likeness (QED) is 0.681. The number of carbonyl (C=O) groups excluding carboxylic acids is 1. The number of rotatable bonds is 4. The monoisotopic (exact) mass is 340 g/mol. The Morgan fingerprint density at radius 3 is 2.45 bits per heavy atom. The van der Waals surface area contributed by atoms with Crippen molar-refractivity contribution >= 4 is 34.5 Å². The van der Waals surface area contributed by atoms with Crippen molar-refractivity contribution in [2.24, 2.45) is 0 Å². The van der Waals surface area contributed by atoms with E-state index in [1.165, 1.54) is 6.07 Å². The summed E-state index contributed by atoms with van der Waals surface area (Å²) in [5, 5.41) is 13.4. The Morgan fingerprint density at radius 2 is 1.95 bits per heavy atom. The zero-order chi connectivity index (χ0) is 16.4. The zero-order valence-corrected chi connectivity index (χ0v) is 13.7. The highest BCUT2D eigenvalue weighted by molar-refractivity contribution is 7.18. The molecule has 2 heterocycles. The number of thiophene rings is 1. The molecule has 2 aromatic heterocycles. The van der Waals surface area contributed by atoms with E-state index in [2.05, 4.69) is 15.3 Å². The first-order valence-corrected chi connectivity index (χ1v) is 7.51. The highest BCUT2D eigenvalue weighted by Gasteiger charge is 2.21. The average molecular weight is 341 g/mol. The molecule has 2 rings (SSSR count). The van der Waals surface area contributed by atoms with Crippen molar-refractivity contribution in [2.75, 3.05) is 0 Å². The summed E-state index contributed by atoms with van der Waals surface area (Å²) >= 11 is 6.62. The lowest BCUT2D eigenvalue weighted by molar-refractivity contribution is -0.384. The number of hydrogen-bond donors (Lipinski definition) is 1. The van der Waals surface area contributed by atoms with Gasteiger partial charge in [-0.05, 0) is 20.8 Å². The van der Waals surface area contributed by atoms with Crippen LogP contribution in [0.4, 0.5) is 5.69 Å². The number of amides is 1. The van der Waals surface area contributed by atoms with Crippen LogP contribution in [0.2, 0.25) is 4.34 Å². The molecule has 0 atom stereocenters. The van der Waals surface area contributed by atoms with Crippen molar-refractivity contribution in [3.05, 3.63) is 48.2 Å². The molecule has 0 aliphatic rings. The minimum Gasteiger partial charge on any atom is -0.347 e. The molecule has 0 saturated heterocycles. The van der Waals surface area contributed by atoms with Crippen LogP contribution in [0.3, 0.4) is 0 Å². The summed E-state index contributed by atoms with van der Waals surface area (Å²) in [6.45, 7) is 5.74. The van der Waals surface area contributed by atoms with E-state index in [0.29, 0.717) is 5.82 Å². The molecule has 9 heteroatoms. The molecular formula is C13H13ClN4O3S. The van der Waals surface area contributed by atoms with Crippen LogP contribution >= 0.6 is 22.9 Å². The van der Waals surface area contributed by atoms with Gasteiger partial charge in [0.1, 0.15) is 10.7 Å². The molecule has 1 amide bonds. The molecule has 0 unspecified atom stereocenters. The molecule has 0 saturated carbocycles. The molecule has 0 aliphatic carbocycles. The predicted octanol–water partition coefficient (Wildman–Crippen LogP) is 2.95. The number of aromatic nitrogens is 2. The van der Waals surface area contributed by atoms with Crippen LogP contribution in [0.5, 0.6) is 0 Å². The molecule has 0 radical (unpaired) electrons. The maximum Gasteiger partial charge on any atom is 0.299 e. The molecule has 116 valence electrons. The largest absolute Gasteiger partial charge is 0.347 e. The Labute approximate surface area is 135 Å². The number of nitrogens with zero attached hydrogens (tertiary/aromatic N) is 3. The van der Waals surface area contributed by atoms with Gasteiger partial charge in [0.15, 0.2) is 4.34 Å². The first kappa shape index (κ1) is 16.3. The van der Waals surface area contributed by atoms with E-state index < -0.39 is 10.8 Å². The van der Waals surface area contributed by atoms with Crippen LogP contribution in [0.1, 0.15) is 32.4 Å². The van der Waals surface area contributed by atoms with E-state index >= 15 is 0 Å². The van der Waals surface area contributed by atoms with Crippen molar-refractivity contribution in [1.29, 1.82) is 0 Å². The number of hydrogen-bond acceptors (Lipinski definition) is 6. The van der Waals surface area contributed by atoms with Crippen LogP contribution in [0.15, 0.2) is 6.07 Å². The highest BCUT2D eigenvalue weighted by atomic mass is 35.5. The SMILES string of the molecule is Cc1nc(C)c(CNC(=O)c2cc([N+](=O)[O-])c(Cl)s2)c(C)n1. The maximum absolute atomic E-state index is 12.1. The van der Waals surface area contributed by atoms with Gasteiger partial charge in [0.25, 0.3) is 11.6 Å². The second-order valence-corrected chi connectivity index (χ2v) is 6.28. The molecule has 0 fully saturated rings. The van der Waals surface area contributed by atoms with Crippen molar-refractivity contribution in [1.82, 2.24) is 15.3 Å². The standard InChI is InChI=1S/C13H13ClN4O3S/c1-6-9(7(2)17-8(3)16-6)5-15-13(19)11-4-10(18(20)21)12(14)22-11/h4H,5H2,1-3H3,(H,15,19). The van der Waals surface area contributed by atoms with Crippen molar-refractivity contribution in [3.8, 4) is 0 Å². The Bertz CT molecular complexity index is 737. The number of halogens is 1. The Kier molecular flexibility index (Phi) is 4.72. The minimum atomic E-state index is -0.613. The van der Waals surface area contributed by atoms with Crippen molar-refractivity contribution in [3.63, 3.8) is 0 Å². The summed E-state index contributed by atoms with van der Waals surface area (Å²) < 4.78 is -0.0128. The van der Waals surface area contributed by atoms with Gasteiger partial charge < -0.3 is 5.32 Å². The van der Waals surface area contributed by atoms with Gasteiger partial charge in [-0.25, -0.2) is 9.97 Å². The first-order chi connectivity index (χ1) is 10.3. The molecule has 0 aliphatic heterocycles. The number of aryl methyl sites for hydroxylation is 3. The Morgan fingerprint density at radius 1 is 1.36 bits per heavy atom. The fourth-order valence-corrected chi connectivity index (χ4v) is 3.15. The molecule has 0 spiro atoms. The van der Waals surface area contributed by atoms with Crippen molar-refractivity contribution in [2.45, 2.75) is 27.3 Å². The summed E-state index contributed by atoms with van der Waals surface area (Å²) in [6.07, 6.45) is 0. The zero-order valence-electron chi connectivity index (χ0n) is 12.1. The summed E-state index contributed by atoms with van der Waals surface area (Å²) in [5.74, 6) is 0.255. The summed E-state index contributed by atoms with van der Waals surface area (Å²) in [4.78, 5) is 30.9. The van der Waals surface area contributed by atoms with Gasteiger partial charge in [0, 0.05) is 29.6 Å². The molecular weight excluding hydrogens is 328 g/mol. The Balaban J connectivity index is 2.14. The molecule has 22 heavy (non-hydrogen) atoms. The minimum absolute atomic E-state index is 0.0128. The lowest BCUT2D eigenvalue weighted by atomic mass is 10.1. The van der Waals surface area contributed by atoms with Crippen LogP contribution in [0, 0.1) is 30.9 Å². The summed E-state index contributed by atoms with van der Waals surface area (Å²) in [5.41, 5.74) is 2.15. The lowest BCUT2D eigenvalue weighted by Crippen LogP contribution is -2.23. The van der Waals surface area contributed by atoms with Gasteiger partial charge in [-0.2, -0.15) is 0 Å². The van der Waals surface area contributed by atoms with E-state index in [1.54, 1.807) is 6.92 Å². The van der Waals surface area contributed by atoms with E-state index in [-0.39, 0.29) is 21.4 Å². The number of nitro groups is 1. The van der Waals surface area contributed by atoms with Gasteiger partial charge in [-0.1, -0.05) is 11.6 Å². The fourth-order valence-electron chi connectivity index (χ4n) is 2.01. The molecule has 2 aromatic rings. The van der Waals surface area contributed by atoms with Gasteiger partial charge >= 0.3 is 0 Å². The third kappa shape index (κ3) is 3.40. The second kappa shape index (κ2) is 6.37. The summed E-state index contributed by atoms with van der Waals surface area (Å²) in [6, 6.07) is 1.17. The van der Waals surface area contributed by atoms with Crippen LogP contribution in [0.25, 0.3) is 0 Å². The van der Waals surface area contributed by atoms with Gasteiger partial charge in [0.2, 0.25) is 0 Å². The smallest absolute Gasteiger partial charge is 0.299 e. The van der Waals surface area contributed by atoms with Gasteiger partial charge in [0.05, 0.1) is 4.92 Å². The van der Waals surface area contributed by atoms with Crippen LogP contribution in [-0.2, 0) is 6.54 Å². The highest BCUT2D eigenvalue weighted by Crippen LogP contribution is 2.33. The van der Waals surface area contributed by atoms with E-state index in [1.807, 2.05) is 13.8 Å². The molecule has 7 nitrogen and oxygen atoms in total. The third-order valence-electron chi connectivity index (χ3n) is 3.05. The summed E-state index contributed by atoms with van der Waals surface area (Å²) in [7, 11) is 0. The average Bonchev–Trinajstić information content (AvgIpc) is 2.79. The van der Waals surface area contributed by atoms with Crippen LogP contribution in [-0.4, -0.2) is 20.8 Å². The molecule has 0 aromatic carbocycles. The lowest BCUT2D eigenvalue weighted by Gasteiger charge is -2.10. The van der Waals surface area contributed by atoms with Crippen molar-refractivity contribution < 1.29 is 9.72 Å². The number of carbonyl (C=O) groups is 1. The Hall–Kier alpha value is -2.06. The van der Waals surface area contributed by atoms with E-state index in [0.717, 1.165) is 28.3 Å². The molecule has 0 bridgehead atoms. The third-order valence-corrected chi connectivity index (χ3v) is 4.38. The van der Waals surface area contributed by atoms with Gasteiger partial charge in [-0.15, -0.1) is 11.3 Å². The van der Waals surface area contributed by atoms with Crippen LogP contribution < -0.4 is 5.32 Å². The van der Waals surface area contributed by atoms with E-state index in [9.17, 15) is 14.9 Å². The molecule has 1 N–H and O–H groups in total. The topological polar surface area (TPSA) is 98.0 Å². The van der Waals surface area contributed by atoms with E-state index in [4.69, 9.17) is 11.6 Å². The van der Waals surface area contributed by atoms with Gasteiger partial charge in [-0.3, -0.25) is 14.9 Å². The fraction of sp³-hybridized carbons (Fsp3) is 0.308. The predicted molar refractivity (Wildman–Crippen MR) is 83.4 cm³/mol. The first-order valence-electron chi connectivity index (χ1n) is 6.32. The number of nitrogens with one attached hydrogen (secondary N) is 1. The normalized spacial score (nSPS) is 10.5. The second-order valence-electron chi connectivity index (χ2n) is 4.63. The maximum atomic E-state index is 12.1.